The van der Waals surface area contributed by atoms with Crippen LogP contribution in [0.1, 0.15) is 15.9 Å². The van der Waals surface area contributed by atoms with Crippen LogP contribution in [0.5, 0.6) is 0 Å². The van der Waals surface area contributed by atoms with Crippen LogP contribution in [0.3, 0.4) is 0 Å². The number of carbonyl (C=O) groups excluding carboxylic acids is 1. The summed E-state index contributed by atoms with van der Waals surface area (Å²) < 4.78 is 0. The minimum absolute atomic E-state index is 0.133. The van der Waals surface area contributed by atoms with E-state index in [0.29, 0.717) is 15.4 Å². The van der Waals surface area contributed by atoms with E-state index in [4.69, 9.17) is 0 Å². The van der Waals surface area contributed by atoms with Crippen molar-refractivity contribution in [1.29, 1.82) is 0 Å². The predicted octanol–water partition coefficient (Wildman–Crippen LogP) is 3.28. The van der Waals surface area contributed by atoms with Crippen molar-refractivity contribution < 1.29 is 4.79 Å². The molecule has 14 heavy (non-hydrogen) atoms. The van der Waals surface area contributed by atoms with Crippen LogP contribution in [0.2, 0.25) is 0 Å². The van der Waals surface area contributed by atoms with Crippen molar-refractivity contribution in [3.8, 4) is 0 Å². The maximum atomic E-state index is 11.3. The smallest absolute Gasteiger partial charge is 0.185 e. The Balaban J connectivity index is 3.33. The van der Waals surface area contributed by atoms with Gasteiger partial charge in [0.1, 0.15) is 0 Å². The van der Waals surface area contributed by atoms with Crippen molar-refractivity contribution in [2.75, 3.05) is 0 Å². The highest BCUT2D eigenvalue weighted by molar-refractivity contribution is 7.81. The maximum Gasteiger partial charge on any atom is 0.185 e. The fourth-order valence-electron chi connectivity index (χ4n) is 1.09. The Morgan fingerprint density at radius 3 is 2.07 bits per heavy atom. The molecule has 0 unspecified atom stereocenters. The molecule has 0 aliphatic heterocycles. The lowest BCUT2D eigenvalue weighted by Crippen LogP contribution is -1.95. The second-order valence-electron chi connectivity index (χ2n) is 2.70. The molecule has 72 valence electrons. The van der Waals surface area contributed by atoms with Gasteiger partial charge in [0.2, 0.25) is 0 Å². The fourth-order valence-corrected chi connectivity index (χ4v) is 1.88. The van der Waals surface area contributed by atoms with Crippen LogP contribution in [0, 0.1) is 0 Å². The van der Waals surface area contributed by atoms with Crippen LogP contribution < -0.4 is 0 Å². The van der Waals surface area contributed by atoms with E-state index in [1.807, 2.05) is 0 Å². The van der Waals surface area contributed by atoms with Gasteiger partial charge in [-0.3, -0.25) is 4.79 Å². The minimum atomic E-state index is -0.133. The van der Waals surface area contributed by atoms with Gasteiger partial charge < -0.3 is 0 Å². The summed E-state index contributed by atoms with van der Waals surface area (Å²) in [5, 5.41) is 0. The van der Waals surface area contributed by atoms with Crippen molar-refractivity contribution in [1.82, 2.24) is 0 Å². The summed E-state index contributed by atoms with van der Waals surface area (Å²) in [6.45, 7) is 7.06. The quantitative estimate of drug-likeness (QED) is 0.456. The first-order valence-electron chi connectivity index (χ1n) is 3.95. The molecule has 0 N–H and O–H groups in total. The second-order valence-corrected chi connectivity index (χ2v) is 3.66. The number of hydrogen-bond donors (Lipinski definition) is 2. The highest BCUT2D eigenvalue weighted by Gasteiger charge is 2.07. The van der Waals surface area contributed by atoms with Crippen molar-refractivity contribution in [2.24, 2.45) is 0 Å². The number of rotatable bonds is 3. The topological polar surface area (TPSA) is 17.1 Å². The molecule has 0 radical (unpaired) electrons. The van der Waals surface area contributed by atoms with Gasteiger partial charge in [0, 0.05) is 20.9 Å². The molecular formula is C11H10OS2. The maximum absolute atomic E-state index is 11.3. The van der Waals surface area contributed by atoms with Gasteiger partial charge >= 0.3 is 0 Å². The van der Waals surface area contributed by atoms with E-state index >= 15 is 0 Å². The number of benzene rings is 1. The zero-order chi connectivity index (χ0) is 10.7. The van der Waals surface area contributed by atoms with E-state index in [-0.39, 0.29) is 5.78 Å². The summed E-state index contributed by atoms with van der Waals surface area (Å²) >= 11 is 8.49. The van der Waals surface area contributed by atoms with E-state index in [1.54, 1.807) is 18.2 Å². The molecule has 0 bridgehead atoms. The highest BCUT2D eigenvalue weighted by atomic mass is 32.1. The number of hydrogen-bond acceptors (Lipinski definition) is 3. The lowest BCUT2D eigenvalue weighted by Gasteiger charge is -2.05. The Bertz CT molecular complexity index is 385. The standard InChI is InChI=1S/C11H10OS2/c1-3-8-10(13)5-7(6-11(8)14)9(12)4-2/h3-6,13-14H,1-2H2. The number of allylic oxidation sites excluding steroid dienone is 1. The Kier molecular flexibility index (Phi) is 3.61. The molecule has 0 atom stereocenters. The third-order valence-corrected chi connectivity index (χ3v) is 2.55. The number of ketones is 1. The molecule has 0 saturated carbocycles. The third-order valence-electron chi connectivity index (χ3n) is 1.81. The summed E-state index contributed by atoms with van der Waals surface area (Å²) in [5.74, 6) is -0.133. The zero-order valence-corrected chi connectivity index (χ0v) is 9.32. The minimum Gasteiger partial charge on any atom is -0.289 e. The fraction of sp³-hybridized carbons (Fsp3) is 0. The van der Waals surface area contributed by atoms with Gasteiger partial charge in [-0.15, -0.1) is 25.3 Å². The monoisotopic (exact) mass is 222 g/mol. The summed E-state index contributed by atoms with van der Waals surface area (Å²) in [6, 6.07) is 3.37. The first-order valence-corrected chi connectivity index (χ1v) is 4.84. The van der Waals surface area contributed by atoms with Crippen molar-refractivity contribution in [2.45, 2.75) is 9.79 Å². The first kappa shape index (κ1) is 11.1. The van der Waals surface area contributed by atoms with E-state index in [0.717, 1.165) is 5.56 Å². The average molecular weight is 222 g/mol. The van der Waals surface area contributed by atoms with Gasteiger partial charge in [-0.2, -0.15) is 0 Å². The van der Waals surface area contributed by atoms with Crippen LogP contribution in [-0.4, -0.2) is 5.78 Å². The van der Waals surface area contributed by atoms with Crippen molar-refractivity contribution >= 4 is 37.1 Å². The molecule has 0 fully saturated rings. The zero-order valence-electron chi connectivity index (χ0n) is 7.53. The number of carbonyl (C=O) groups is 1. The number of thiol groups is 2. The van der Waals surface area contributed by atoms with Gasteiger partial charge in [-0.25, -0.2) is 0 Å². The molecule has 0 amide bonds. The Morgan fingerprint density at radius 1 is 1.21 bits per heavy atom. The Morgan fingerprint density at radius 2 is 1.71 bits per heavy atom. The van der Waals surface area contributed by atoms with E-state index in [9.17, 15) is 4.79 Å². The molecule has 0 aliphatic carbocycles. The van der Waals surface area contributed by atoms with Crippen LogP contribution in [0.15, 0.2) is 41.2 Å². The first-order chi connectivity index (χ1) is 6.60. The normalized spacial score (nSPS) is 9.57. The van der Waals surface area contributed by atoms with Crippen LogP contribution in [0.4, 0.5) is 0 Å². The van der Waals surface area contributed by atoms with E-state index < -0.39 is 0 Å². The van der Waals surface area contributed by atoms with Crippen molar-refractivity contribution in [3.05, 3.63) is 42.5 Å². The summed E-state index contributed by atoms with van der Waals surface area (Å²) in [7, 11) is 0. The highest BCUT2D eigenvalue weighted by Crippen LogP contribution is 2.25. The third kappa shape index (κ3) is 2.11. The molecule has 0 heterocycles. The molecule has 1 rings (SSSR count). The average Bonchev–Trinajstić information content (AvgIpc) is 2.16. The molecule has 0 saturated heterocycles. The van der Waals surface area contributed by atoms with Gasteiger partial charge in [-0.1, -0.05) is 19.2 Å². The summed E-state index contributed by atoms with van der Waals surface area (Å²) in [5.41, 5.74) is 1.37. The van der Waals surface area contributed by atoms with Gasteiger partial charge in [0.15, 0.2) is 5.78 Å². The van der Waals surface area contributed by atoms with Crippen molar-refractivity contribution in [3.63, 3.8) is 0 Å². The van der Waals surface area contributed by atoms with Crippen LogP contribution in [0.25, 0.3) is 6.08 Å². The molecule has 3 heteroatoms. The van der Waals surface area contributed by atoms with Gasteiger partial charge in [0.05, 0.1) is 0 Å². The van der Waals surface area contributed by atoms with Gasteiger partial charge in [-0.05, 0) is 18.2 Å². The Hall–Kier alpha value is -0.930. The molecule has 0 aromatic heterocycles. The van der Waals surface area contributed by atoms with Crippen LogP contribution >= 0.6 is 25.3 Å². The lowest BCUT2D eigenvalue weighted by molar-refractivity contribution is 0.104. The van der Waals surface area contributed by atoms with E-state index in [1.165, 1.54) is 6.08 Å². The van der Waals surface area contributed by atoms with Crippen LogP contribution in [-0.2, 0) is 0 Å². The SMILES string of the molecule is C=CC(=O)c1cc(S)c(C=C)c(S)c1. The van der Waals surface area contributed by atoms with Gasteiger partial charge in [0.25, 0.3) is 0 Å². The molecular weight excluding hydrogens is 212 g/mol. The lowest BCUT2D eigenvalue weighted by atomic mass is 10.1. The predicted molar refractivity (Wildman–Crippen MR) is 65.6 cm³/mol. The largest absolute Gasteiger partial charge is 0.289 e. The summed E-state index contributed by atoms with van der Waals surface area (Å²) in [6.07, 6.45) is 2.93. The van der Waals surface area contributed by atoms with E-state index in [2.05, 4.69) is 38.4 Å². The molecule has 0 spiro atoms. The molecule has 1 nitrogen and oxygen atoms in total. The summed E-state index contributed by atoms with van der Waals surface area (Å²) in [4.78, 5) is 12.7. The molecule has 0 aliphatic rings. The Labute approximate surface area is 94.3 Å². The second kappa shape index (κ2) is 4.53. The molecule has 1 aromatic rings. The molecule has 1 aromatic carbocycles.